The molecular weight excluding hydrogens is 451 g/mol. The van der Waals surface area contributed by atoms with Gasteiger partial charge in [0, 0.05) is 41.0 Å². The second-order valence-corrected chi connectivity index (χ2v) is 9.29. The Kier molecular flexibility index (Phi) is 7.28. The van der Waals surface area contributed by atoms with Crippen LogP contribution in [-0.2, 0) is 12.7 Å². The van der Waals surface area contributed by atoms with Gasteiger partial charge in [0.15, 0.2) is 5.13 Å². The lowest BCUT2D eigenvalue weighted by atomic mass is 9.95. The molecule has 33 heavy (non-hydrogen) atoms. The molecular formula is C23H26F3N5OS. The van der Waals surface area contributed by atoms with Gasteiger partial charge in [0.25, 0.3) is 0 Å². The first-order valence-corrected chi connectivity index (χ1v) is 11.6. The highest BCUT2D eigenvalue weighted by Crippen LogP contribution is 2.35. The summed E-state index contributed by atoms with van der Waals surface area (Å²) in [4.78, 5) is 11.9. The first kappa shape index (κ1) is 23.6. The largest absolute Gasteiger partial charge is 0.416 e. The average Bonchev–Trinajstić information content (AvgIpc) is 3.20. The third kappa shape index (κ3) is 6.08. The van der Waals surface area contributed by atoms with E-state index in [1.165, 1.54) is 17.4 Å². The number of piperidine rings is 1. The fraction of sp³-hybridized carbons (Fsp3) is 0.391. The number of aromatic nitrogens is 2. The zero-order valence-electron chi connectivity index (χ0n) is 18.1. The molecule has 1 atom stereocenters. The molecule has 1 aromatic carbocycles. The van der Waals surface area contributed by atoms with Crippen LogP contribution in [0.2, 0.25) is 0 Å². The summed E-state index contributed by atoms with van der Waals surface area (Å²) in [5.74, 6) is 0.179. The Morgan fingerprint density at radius 3 is 2.70 bits per heavy atom. The number of halogens is 3. The number of likely N-dealkylation sites (tertiary alicyclic amines) is 1. The van der Waals surface area contributed by atoms with Crippen molar-refractivity contribution in [1.82, 2.24) is 20.2 Å². The molecule has 0 aliphatic carbocycles. The fourth-order valence-corrected chi connectivity index (χ4v) is 4.81. The summed E-state index contributed by atoms with van der Waals surface area (Å²) in [5, 5.41) is 17.3. The van der Waals surface area contributed by atoms with Gasteiger partial charge in [-0.05, 0) is 63.3 Å². The molecule has 0 bridgehead atoms. The number of alkyl halides is 3. The molecule has 0 amide bonds. The molecule has 0 radical (unpaired) electrons. The maximum absolute atomic E-state index is 13.1. The molecule has 2 aromatic heterocycles. The molecule has 1 aliphatic rings. The van der Waals surface area contributed by atoms with E-state index in [-0.39, 0.29) is 5.92 Å². The summed E-state index contributed by atoms with van der Waals surface area (Å²) < 4.78 is 39.2. The zero-order chi connectivity index (χ0) is 23.4. The highest BCUT2D eigenvalue weighted by Gasteiger charge is 2.30. The number of hydrogen-bond acceptors (Lipinski definition) is 7. The van der Waals surface area contributed by atoms with Crippen molar-refractivity contribution in [3.8, 4) is 11.3 Å². The van der Waals surface area contributed by atoms with Crippen LogP contribution in [0.1, 0.15) is 23.3 Å². The van der Waals surface area contributed by atoms with Crippen LogP contribution < -0.4 is 10.6 Å². The van der Waals surface area contributed by atoms with Crippen molar-refractivity contribution in [3.05, 3.63) is 59.2 Å². The lowest BCUT2D eigenvalue weighted by Gasteiger charge is -2.32. The molecule has 1 fully saturated rings. The molecule has 1 aliphatic heterocycles. The Morgan fingerprint density at radius 2 is 2.00 bits per heavy atom. The zero-order valence-corrected chi connectivity index (χ0v) is 19.0. The van der Waals surface area contributed by atoms with Crippen molar-refractivity contribution >= 4 is 22.2 Å². The van der Waals surface area contributed by atoms with Gasteiger partial charge in [-0.15, -0.1) is 0 Å². The van der Waals surface area contributed by atoms with Crippen molar-refractivity contribution in [1.29, 1.82) is 0 Å². The van der Waals surface area contributed by atoms with Gasteiger partial charge in [-0.3, -0.25) is 10.3 Å². The van der Waals surface area contributed by atoms with Crippen LogP contribution in [0.5, 0.6) is 0 Å². The predicted molar refractivity (Wildman–Crippen MR) is 123 cm³/mol. The summed E-state index contributed by atoms with van der Waals surface area (Å²) in [7, 11) is 2.08. The van der Waals surface area contributed by atoms with E-state index in [4.69, 9.17) is 0 Å². The topological polar surface area (TPSA) is 73.3 Å². The molecule has 4 rings (SSSR count). The highest BCUT2D eigenvalue weighted by molar-refractivity contribution is 7.16. The quantitative estimate of drug-likeness (QED) is 0.428. The van der Waals surface area contributed by atoms with E-state index in [2.05, 4.69) is 32.5 Å². The van der Waals surface area contributed by atoms with E-state index in [0.717, 1.165) is 48.5 Å². The van der Waals surface area contributed by atoms with Gasteiger partial charge in [-0.1, -0.05) is 17.4 Å². The number of aliphatic hydroxyl groups excluding tert-OH is 1. The minimum atomic E-state index is -4.42. The summed E-state index contributed by atoms with van der Waals surface area (Å²) in [6, 6.07) is 8.72. The average molecular weight is 478 g/mol. The molecule has 1 unspecified atom stereocenters. The third-order valence-electron chi connectivity index (χ3n) is 5.75. The van der Waals surface area contributed by atoms with E-state index in [1.54, 1.807) is 24.5 Å². The summed E-state index contributed by atoms with van der Waals surface area (Å²) in [6.07, 6.45) is 0.151. The lowest BCUT2D eigenvalue weighted by molar-refractivity contribution is -0.137. The maximum atomic E-state index is 13.1. The minimum absolute atomic E-state index is 0.179. The van der Waals surface area contributed by atoms with Crippen LogP contribution in [-0.4, -0.2) is 46.3 Å². The van der Waals surface area contributed by atoms with Crippen molar-refractivity contribution < 1.29 is 18.3 Å². The number of nitrogens with zero attached hydrogens (tertiary/aromatic N) is 3. The van der Waals surface area contributed by atoms with Crippen molar-refractivity contribution in [2.45, 2.75) is 31.8 Å². The van der Waals surface area contributed by atoms with Gasteiger partial charge in [0.1, 0.15) is 6.23 Å². The fourth-order valence-electron chi connectivity index (χ4n) is 3.86. The number of thiazole rings is 1. The highest BCUT2D eigenvalue weighted by atomic mass is 32.1. The van der Waals surface area contributed by atoms with E-state index in [9.17, 15) is 18.3 Å². The Labute approximate surface area is 194 Å². The smallest absolute Gasteiger partial charge is 0.378 e. The Balaban J connectivity index is 1.52. The first-order chi connectivity index (χ1) is 15.8. The number of anilines is 2. The molecule has 10 heteroatoms. The van der Waals surface area contributed by atoms with Crippen LogP contribution in [0.25, 0.3) is 11.3 Å². The summed E-state index contributed by atoms with van der Waals surface area (Å²) in [6.45, 7) is 2.30. The van der Waals surface area contributed by atoms with E-state index in [0.29, 0.717) is 23.1 Å². The lowest BCUT2D eigenvalue weighted by Crippen LogP contribution is -2.41. The van der Waals surface area contributed by atoms with Crippen molar-refractivity contribution in [3.63, 3.8) is 0 Å². The van der Waals surface area contributed by atoms with Crippen LogP contribution in [0.15, 0.2) is 48.8 Å². The predicted octanol–water partition coefficient (Wildman–Crippen LogP) is 4.72. The van der Waals surface area contributed by atoms with Crippen LogP contribution in [0.3, 0.4) is 0 Å². The van der Waals surface area contributed by atoms with Gasteiger partial charge in [0.05, 0.1) is 11.3 Å². The number of pyridine rings is 1. The SMILES string of the molecule is CN1CCC(C(O)NCc2sc(Nc3cccc(C(F)(F)F)c3)nc2-c2cccnc2)CC1. The second-order valence-electron chi connectivity index (χ2n) is 8.20. The summed E-state index contributed by atoms with van der Waals surface area (Å²) in [5.41, 5.74) is 1.07. The van der Waals surface area contributed by atoms with Gasteiger partial charge >= 0.3 is 6.18 Å². The number of nitrogens with one attached hydrogen (secondary N) is 2. The molecule has 3 N–H and O–H groups in total. The second kappa shape index (κ2) is 10.2. The van der Waals surface area contributed by atoms with Gasteiger partial charge in [0.2, 0.25) is 0 Å². The maximum Gasteiger partial charge on any atom is 0.416 e. The van der Waals surface area contributed by atoms with Crippen LogP contribution in [0, 0.1) is 5.92 Å². The first-order valence-electron chi connectivity index (χ1n) is 10.7. The van der Waals surface area contributed by atoms with E-state index < -0.39 is 18.0 Å². The van der Waals surface area contributed by atoms with Crippen molar-refractivity contribution in [2.75, 3.05) is 25.5 Å². The molecule has 0 spiro atoms. The van der Waals surface area contributed by atoms with E-state index in [1.807, 2.05) is 6.07 Å². The van der Waals surface area contributed by atoms with Gasteiger partial charge < -0.3 is 15.3 Å². The molecule has 6 nitrogen and oxygen atoms in total. The Bertz CT molecular complexity index is 1050. The Morgan fingerprint density at radius 1 is 1.21 bits per heavy atom. The van der Waals surface area contributed by atoms with Crippen molar-refractivity contribution in [2.24, 2.45) is 5.92 Å². The van der Waals surface area contributed by atoms with Crippen LogP contribution in [0.4, 0.5) is 24.0 Å². The number of benzene rings is 1. The number of rotatable bonds is 7. The molecule has 3 aromatic rings. The van der Waals surface area contributed by atoms with E-state index >= 15 is 0 Å². The van der Waals surface area contributed by atoms with Gasteiger partial charge in [-0.25, -0.2) is 4.98 Å². The minimum Gasteiger partial charge on any atom is -0.378 e. The molecule has 0 saturated carbocycles. The number of aliphatic hydroxyl groups is 1. The molecule has 3 heterocycles. The van der Waals surface area contributed by atoms with Gasteiger partial charge in [-0.2, -0.15) is 13.2 Å². The van der Waals surface area contributed by atoms with Crippen LogP contribution >= 0.6 is 11.3 Å². The monoisotopic (exact) mass is 477 g/mol. The molecule has 176 valence electrons. The Hall–Kier alpha value is -2.53. The standard InChI is InChI=1S/C23H26F3N5OS/c1-31-10-7-15(8-11-31)21(32)28-14-19-20(16-4-3-9-27-13-16)30-22(33-19)29-18-6-2-5-17(12-18)23(24,25)26/h2-6,9,12-13,15,21,28,32H,7-8,10-11,14H2,1H3,(H,29,30). The molecule has 1 saturated heterocycles. The summed E-state index contributed by atoms with van der Waals surface area (Å²) >= 11 is 1.34. The number of hydrogen-bond donors (Lipinski definition) is 3. The third-order valence-corrected chi connectivity index (χ3v) is 6.73. The normalized spacial score (nSPS) is 16.6.